The zero-order chi connectivity index (χ0) is 35.3. The van der Waals surface area contributed by atoms with Gasteiger partial charge in [-0.25, -0.2) is 14.8 Å². The highest BCUT2D eigenvalue weighted by atomic mass is 16.5. The molecule has 5 aromatic rings. The molecule has 4 aromatic carbocycles. The fourth-order valence-electron chi connectivity index (χ4n) is 6.69. The standard InChI is InChI=1S/C43H48N4O3/c1-6-7-8-9-10-11-12-17-26-50-42(49)45-34-21-16-15-20-33(34)41-46-38-28(2)27-35(44-30-24-22-29(23-25-30)43(3,4)5)36-37(38)39(47-41)31-18-13-14-19-32(31)40(36)48/h13-16,18-25,27,44H,6-12,17,26H2,1-5H3,(H,45,49). The summed E-state index contributed by atoms with van der Waals surface area (Å²) in [4.78, 5) is 37.2. The number of ether oxygens (including phenoxy) is 1. The second-order valence-corrected chi connectivity index (χ2v) is 14.3. The molecular formula is C43H48N4O3. The Morgan fingerprint density at radius 3 is 2.10 bits per heavy atom. The predicted octanol–water partition coefficient (Wildman–Crippen LogP) is 11.5. The number of hydrogen-bond acceptors (Lipinski definition) is 6. The Hall–Kier alpha value is -5.04. The number of aromatic nitrogens is 2. The van der Waals surface area contributed by atoms with E-state index in [2.05, 4.69) is 62.6 Å². The van der Waals surface area contributed by atoms with Crippen molar-refractivity contribution >= 4 is 39.8 Å². The number of unbranched alkanes of at least 4 members (excludes halogenated alkanes) is 7. The van der Waals surface area contributed by atoms with Crippen molar-refractivity contribution in [2.24, 2.45) is 0 Å². The third-order valence-corrected chi connectivity index (χ3v) is 9.48. The van der Waals surface area contributed by atoms with E-state index in [1.165, 1.54) is 37.7 Å². The monoisotopic (exact) mass is 668 g/mol. The van der Waals surface area contributed by atoms with Crippen LogP contribution in [0.5, 0.6) is 0 Å². The van der Waals surface area contributed by atoms with Gasteiger partial charge in [0.2, 0.25) is 0 Å². The number of rotatable bonds is 13. The minimum Gasteiger partial charge on any atom is -0.449 e. The van der Waals surface area contributed by atoms with Crippen LogP contribution >= 0.6 is 0 Å². The van der Waals surface area contributed by atoms with Crippen LogP contribution in [0, 0.1) is 6.92 Å². The fraction of sp³-hybridized carbons (Fsp3) is 0.349. The summed E-state index contributed by atoms with van der Waals surface area (Å²) in [5.74, 6) is 0.396. The van der Waals surface area contributed by atoms with Gasteiger partial charge in [-0.15, -0.1) is 0 Å². The molecule has 7 heteroatoms. The van der Waals surface area contributed by atoms with Gasteiger partial charge in [0.15, 0.2) is 11.6 Å². The lowest BCUT2D eigenvalue weighted by Gasteiger charge is -2.24. The molecule has 0 bridgehead atoms. The van der Waals surface area contributed by atoms with Crippen LogP contribution in [-0.2, 0) is 10.2 Å². The maximum absolute atomic E-state index is 14.2. The molecule has 7 nitrogen and oxygen atoms in total. The first kappa shape index (κ1) is 34.8. The molecule has 0 fully saturated rings. The molecule has 1 aromatic heterocycles. The minimum absolute atomic E-state index is 0.0368. The smallest absolute Gasteiger partial charge is 0.411 e. The van der Waals surface area contributed by atoms with E-state index in [1.54, 1.807) is 0 Å². The maximum Gasteiger partial charge on any atom is 0.411 e. The third kappa shape index (κ3) is 7.57. The first-order valence-electron chi connectivity index (χ1n) is 18.1. The van der Waals surface area contributed by atoms with E-state index in [9.17, 15) is 9.59 Å². The Kier molecular flexibility index (Phi) is 10.6. The van der Waals surface area contributed by atoms with Crippen molar-refractivity contribution in [2.45, 2.75) is 91.4 Å². The van der Waals surface area contributed by atoms with Gasteiger partial charge < -0.3 is 10.1 Å². The number of fused-ring (bicyclic) bond motifs is 2. The highest BCUT2D eigenvalue weighted by Crippen LogP contribution is 2.44. The van der Waals surface area contributed by atoms with Crippen LogP contribution in [0.25, 0.3) is 33.5 Å². The van der Waals surface area contributed by atoms with E-state index in [0.29, 0.717) is 46.0 Å². The van der Waals surface area contributed by atoms with E-state index in [0.717, 1.165) is 47.2 Å². The van der Waals surface area contributed by atoms with Gasteiger partial charge in [0.05, 0.1) is 34.8 Å². The van der Waals surface area contributed by atoms with Crippen LogP contribution in [0.15, 0.2) is 78.9 Å². The normalized spacial score (nSPS) is 12.1. The van der Waals surface area contributed by atoms with Crippen LogP contribution < -0.4 is 10.6 Å². The molecule has 1 heterocycles. The number of anilines is 3. The highest BCUT2D eigenvalue weighted by molar-refractivity contribution is 6.28. The summed E-state index contributed by atoms with van der Waals surface area (Å²) in [6.45, 7) is 11.2. The molecule has 50 heavy (non-hydrogen) atoms. The molecule has 0 aliphatic heterocycles. The topological polar surface area (TPSA) is 93.2 Å². The summed E-state index contributed by atoms with van der Waals surface area (Å²) in [7, 11) is 0. The molecule has 258 valence electrons. The summed E-state index contributed by atoms with van der Waals surface area (Å²) in [6, 6.07) is 25.4. The van der Waals surface area contributed by atoms with Gasteiger partial charge in [0.1, 0.15) is 0 Å². The Morgan fingerprint density at radius 1 is 0.760 bits per heavy atom. The summed E-state index contributed by atoms with van der Waals surface area (Å²) in [5.41, 5.74) is 8.34. The van der Waals surface area contributed by atoms with Gasteiger partial charge in [-0.2, -0.15) is 0 Å². The Labute approximate surface area is 295 Å². The van der Waals surface area contributed by atoms with Gasteiger partial charge in [-0.05, 0) is 60.2 Å². The number of amides is 1. The molecule has 1 amide bonds. The van der Waals surface area contributed by atoms with E-state index in [4.69, 9.17) is 14.7 Å². The van der Waals surface area contributed by atoms with Gasteiger partial charge >= 0.3 is 6.09 Å². The van der Waals surface area contributed by atoms with Crippen LogP contribution in [-0.4, -0.2) is 28.5 Å². The fourth-order valence-corrected chi connectivity index (χ4v) is 6.69. The van der Waals surface area contributed by atoms with Gasteiger partial charge in [-0.1, -0.05) is 121 Å². The summed E-state index contributed by atoms with van der Waals surface area (Å²) in [5, 5.41) is 7.19. The first-order valence-corrected chi connectivity index (χ1v) is 18.1. The number of aryl methyl sites for hydroxylation is 1. The van der Waals surface area contributed by atoms with Crippen molar-refractivity contribution in [3.05, 3.63) is 101 Å². The van der Waals surface area contributed by atoms with Crippen LogP contribution in [0.4, 0.5) is 21.9 Å². The molecule has 0 spiro atoms. The number of carbonyl (C=O) groups is 2. The number of para-hydroxylation sites is 1. The molecule has 0 radical (unpaired) electrons. The zero-order valence-corrected chi connectivity index (χ0v) is 30.0. The number of ketones is 1. The zero-order valence-electron chi connectivity index (χ0n) is 30.0. The maximum atomic E-state index is 14.2. The van der Waals surface area contributed by atoms with Gasteiger partial charge in [0, 0.05) is 27.8 Å². The van der Waals surface area contributed by atoms with E-state index >= 15 is 0 Å². The van der Waals surface area contributed by atoms with Crippen LogP contribution in [0.3, 0.4) is 0 Å². The van der Waals surface area contributed by atoms with Crippen LogP contribution in [0.1, 0.15) is 106 Å². The average molecular weight is 669 g/mol. The van der Waals surface area contributed by atoms with Crippen molar-refractivity contribution < 1.29 is 14.3 Å². The molecule has 1 aliphatic rings. The Balaban J connectivity index is 1.30. The summed E-state index contributed by atoms with van der Waals surface area (Å²) in [6.07, 6.45) is 8.92. The SMILES string of the molecule is CCCCCCCCCCOC(=O)Nc1ccccc1-c1nc2c3c(c(Nc4ccc(C(C)(C)C)cc4)cc(C)c3n1)C(=O)c1ccccc1-2. The number of hydrogen-bond donors (Lipinski definition) is 2. The predicted molar refractivity (Wildman–Crippen MR) is 205 cm³/mol. The second kappa shape index (κ2) is 15.2. The largest absolute Gasteiger partial charge is 0.449 e. The summed E-state index contributed by atoms with van der Waals surface area (Å²) >= 11 is 0. The Bertz CT molecular complexity index is 2010. The molecule has 0 saturated heterocycles. The van der Waals surface area contributed by atoms with Crippen molar-refractivity contribution in [3.63, 3.8) is 0 Å². The van der Waals surface area contributed by atoms with Crippen molar-refractivity contribution in [1.82, 2.24) is 9.97 Å². The summed E-state index contributed by atoms with van der Waals surface area (Å²) < 4.78 is 5.55. The number of nitrogens with zero attached hydrogens (tertiary/aromatic N) is 2. The quantitative estimate of drug-likeness (QED) is 0.119. The average Bonchev–Trinajstić information content (AvgIpc) is 3.10. The van der Waals surface area contributed by atoms with Gasteiger partial charge in [-0.3, -0.25) is 10.1 Å². The lowest BCUT2D eigenvalue weighted by atomic mass is 9.84. The third-order valence-electron chi connectivity index (χ3n) is 9.48. The number of benzene rings is 4. The van der Waals surface area contributed by atoms with Crippen molar-refractivity contribution in [2.75, 3.05) is 17.2 Å². The molecular weight excluding hydrogens is 620 g/mol. The molecule has 0 saturated carbocycles. The van der Waals surface area contributed by atoms with E-state index < -0.39 is 6.09 Å². The number of nitrogens with one attached hydrogen (secondary N) is 2. The van der Waals surface area contributed by atoms with Crippen LogP contribution in [0.2, 0.25) is 0 Å². The lowest BCUT2D eigenvalue weighted by Crippen LogP contribution is -2.16. The molecule has 6 rings (SSSR count). The Morgan fingerprint density at radius 2 is 1.40 bits per heavy atom. The molecule has 0 atom stereocenters. The van der Waals surface area contributed by atoms with Gasteiger partial charge in [0.25, 0.3) is 0 Å². The van der Waals surface area contributed by atoms with E-state index in [-0.39, 0.29) is 11.2 Å². The second-order valence-electron chi connectivity index (χ2n) is 14.3. The van der Waals surface area contributed by atoms with Crippen molar-refractivity contribution in [3.8, 4) is 22.6 Å². The van der Waals surface area contributed by atoms with E-state index in [1.807, 2.05) is 61.5 Å². The minimum atomic E-state index is -0.497. The number of carbonyl (C=O) groups excluding carboxylic acids is 2. The molecule has 0 unspecified atom stereocenters. The highest BCUT2D eigenvalue weighted by Gasteiger charge is 2.31. The first-order chi connectivity index (χ1) is 24.2. The molecule has 1 aliphatic carbocycles. The van der Waals surface area contributed by atoms with Crippen molar-refractivity contribution in [1.29, 1.82) is 0 Å². The lowest BCUT2D eigenvalue weighted by molar-refractivity contribution is 0.104. The molecule has 2 N–H and O–H groups in total.